The third-order valence-electron chi connectivity index (χ3n) is 4.99. The van der Waals surface area contributed by atoms with E-state index in [2.05, 4.69) is 28.9 Å². The first kappa shape index (κ1) is 17.9. The standard InChI is InChI=1S/C17H23BrN2O3S/c1-3-24(22,23)19-8-4-5-13(11-19)17(21)20-12(2)9-14-10-15(18)6-7-16(14)20/h6-7,10,12-13H,3-5,8-9,11H2,1-2H3/t12-,13-/m1/s1. The molecule has 2 aliphatic heterocycles. The molecule has 0 saturated carbocycles. The van der Waals surface area contributed by atoms with Crippen molar-refractivity contribution in [3.05, 3.63) is 28.2 Å². The van der Waals surface area contributed by atoms with E-state index in [0.717, 1.165) is 29.4 Å². The number of amides is 1. The van der Waals surface area contributed by atoms with E-state index in [4.69, 9.17) is 0 Å². The molecule has 0 bridgehead atoms. The fraction of sp³-hybridized carbons (Fsp3) is 0.588. The molecule has 0 aliphatic carbocycles. The molecular formula is C17H23BrN2O3S. The Morgan fingerprint density at radius 1 is 1.38 bits per heavy atom. The number of hydrogen-bond acceptors (Lipinski definition) is 3. The lowest BCUT2D eigenvalue weighted by molar-refractivity contribution is -0.123. The van der Waals surface area contributed by atoms with Gasteiger partial charge in [-0.15, -0.1) is 0 Å². The molecule has 2 atom stereocenters. The van der Waals surface area contributed by atoms with Crippen molar-refractivity contribution in [3.63, 3.8) is 0 Å². The Hall–Kier alpha value is -0.920. The molecule has 1 fully saturated rings. The lowest BCUT2D eigenvalue weighted by Crippen LogP contribution is -2.48. The predicted molar refractivity (Wildman–Crippen MR) is 98.6 cm³/mol. The van der Waals surface area contributed by atoms with E-state index in [1.54, 1.807) is 6.92 Å². The van der Waals surface area contributed by atoms with Crippen LogP contribution in [0.1, 0.15) is 32.3 Å². The van der Waals surface area contributed by atoms with Crippen molar-refractivity contribution < 1.29 is 13.2 Å². The third kappa shape index (κ3) is 3.26. The van der Waals surface area contributed by atoms with E-state index in [-0.39, 0.29) is 23.6 Å². The zero-order valence-corrected chi connectivity index (χ0v) is 16.4. The summed E-state index contributed by atoms with van der Waals surface area (Å²) in [5, 5.41) is 0. The molecule has 2 heterocycles. The first-order valence-corrected chi connectivity index (χ1v) is 10.8. The first-order valence-electron chi connectivity index (χ1n) is 8.43. The van der Waals surface area contributed by atoms with Crippen molar-refractivity contribution >= 4 is 37.5 Å². The van der Waals surface area contributed by atoms with E-state index in [9.17, 15) is 13.2 Å². The normalized spacial score (nSPS) is 24.9. The van der Waals surface area contributed by atoms with Crippen molar-refractivity contribution in [2.45, 2.75) is 39.2 Å². The second-order valence-corrected chi connectivity index (χ2v) is 9.81. The highest BCUT2D eigenvalue weighted by molar-refractivity contribution is 9.10. The van der Waals surface area contributed by atoms with Crippen LogP contribution in [0.25, 0.3) is 0 Å². The zero-order valence-electron chi connectivity index (χ0n) is 14.0. The van der Waals surface area contributed by atoms with Gasteiger partial charge in [-0.05, 0) is 56.9 Å². The average Bonchev–Trinajstić information content (AvgIpc) is 2.89. The molecule has 0 spiro atoms. The molecule has 5 nitrogen and oxygen atoms in total. The summed E-state index contributed by atoms with van der Waals surface area (Å²) in [7, 11) is -3.23. The summed E-state index contributed by atoms with van der Waals surface area (Å²) >= 11 is 3.48. The first-order chi connectivity index (χ1) is 11.3. The van der Waals surface area contributed by atoms with Crippen molar-refractivity contribution in [3.8, 4) is 0 Å². The van der Waals surface area contributed by atoms with E-state index < -0.39 is 10.0 Å². The Kier molecular flexibility index (Phi) is 5.04. The van der Waals surface area contributed by atoms with Crippen LogP contribution in [0.2, 0.25) is 0 Å². The molecule has 2 aliphatic rings. The van der Waals surface area contributed by atoms with E-state index in [1.165, 1.54) is 9.87 Å². The van der Waals surface area contributed by atoms with Crippen molar-refractivity contribution in [1.29, 1.82) is 0 Å². The molecule has 1 aromatic carbocycles. The smallest absolute Gasteiger partial charge is 0.231 e. The fourth-order valence-electron chi connectivity index (χ4n) is 3.71. The van der Waals surface area contributed by atoms with Gasteiger partial charge in [-0.3, -0.25) is 4.79 Å². The van der Waals surface area contributed by atoms with Gasteiger partial charge in [-0.25, -0.2) is 12.7 Å². The number of rotatable bonds is 3. The van der Waals surface area contributed by atoms with Crippen LogP contribution >= 0.6 is 15.9 Å². The fourth-order valence-corrected chi connectivity index (χ4v) is 5.30. The van der Waals surface area contributed by atoms with Gasteiger partial charge in [0.2, 0.25) is 15.9 Å². The molecule has 0 radical (unpaired) electrons. The largest absolute Gasteiger partial charge is 0.309 e. The number of carbonyl (C=O) groups is 1. The van der Waals surface area contributed by atoms with E-state index in [0.29, 0.717) is 13.1 Å². The number of fused-ring (bicyclic) bond motifs is 1. The van der Waals surface area contributed by atoms with Crippen LogP contribution in [-0.2, 0) is 21.2 Å². The summed E-state index contributed by atoms with van der Waals surface area (Å²) in [5.74, 6) is -0.109. The lowest BCUT2D eigenvalue weighted by atomic mass is 9.97. The molecule has 24 heavy (non-hydrogen) atoms. The number of hydrogen-bond donors (Lipinski definition) is 0. The maximum atomic E-state index is 13.1. The highest BCUT2D eigenvalue weighted by Crippen LogP contribution is 2.36. The van der Waals surface area contributed by atoms with Crippen LogP contribution in [0, 0.1) is 5.92 Å². The second kappa shape index (κ2) is 6.77. The summed E-state index contributed by atoms with van der Waals surface area (Å²) in [4.78, 5) is 15.0. The van der Waals surface area contributed by atoms with Crippen LogP contribution in [0.15, 0.2) is 22.7 Å². The van der Waals surface area contributed by atoms with Crippen LogP contribution < -0.4 is 4.90 Å². The summed E-state index contributed by atoms with van der Waals surface area (Å²) in [5.41, 5.74) is 2.13. The zero-order chi connectivity index (χ0) is 17.5. The molecule has 0 N–H and O–H groups in total. The quantitative estimate of drug-likeness (QED) is 0.763. The number of piperidine rings is 1. The molecule has 132 valence electrons. The molecule has 7 heteroatoms. The summed E-state index contributed by atoms with van der Waals surface area (Å²) in [6, 6.07) is 6.10. The Morgan fingerprint density at radius 2 is 2.12 bits per heavy atom. The highest BCUT2D eigenvalue weighted by atomic mass is 79.9. The van der Waals surface area contributed by atoms with Crippen molar-refractivity contribution in [2.75, 3.05) is 23.7 Å². The van der Waals surface area contributed by atoms with E-state index >= 15 is 0 Å². The van der Waals surface area contributed by atoms with Gasteiger partial charge >= 0.3 is 0 Å². The Morgan fingerprint density at radius 3 is 2.83 bits per heavy atom. The van der Waals surface area contributed by atoms with Crippen LogP contribution in [-0.4, -0.2) is 43.5 Å². The van der Waals surface area contributed by atoms with Crippen molar-refractivity contribution in [2.24, 2.45) is 5.92 Å². The number of sulfonamides is 1. The molecule has 0 aromatic heterocycles. The molecule has 3 rings (SSSR count). The summed E-state index contributed by atoms with van der Waals surface area (Å²) in [6.07, 6.45) is 2.33. The molecule has 1 saturated heterocycles. The number of carbonyl (C=O) groups excluding carboxylic acids is 1. The van der Waals surface area contributed by atoms with Gasteiger partial charge in [-0.2, -0.15) is 0 Å². The lowest BCUT2D eigenvalue weighted by Gasteiger charge is -2.34. The van der Waals surface area contributed by atoms with Gasteiger partial charge in [0.05, 0.1) is 11.7 Å². The van der Waals surface area contributed by atoms with Gasteiger partial charge in [0.25, 0.3) is 0 Å². The number of benzene rings is 1. The maximum absolute atomic E-state index is 13.1. The van der Waals surface area contributed by atoms with Crippen LogP contribution in [0.4, 0.5) is 5.69 Å². The number of anilines is 1. The summed E-state index contributed by atoms with van der Waals surface area (Å²) < 4.78 is 26.8. The van der Waals surface area contributed by atoms with Gasteiger partial charge in [-0.1, -0.05) is 15.9 Å². The van der Waals surface area contributed by atoms with Gasteiger partial charge in [0.15, 0.2) is 0 Å². The van der Waals surface area contributed by atoms with Crippen LogP contribution in [0.5, 0.6) is 0 Å². The minimum atomic E-state index is -3.23. The number of halogens is 1. The Balaban J connectivity index is 1.82. The Labute approximate surface area is 152 Å². The minimum absolute atomic E-state index is 0.0552. The molecule has 1 amide bonds. The monoisotopic (exact) mass is 414 g/mol. The predicted octanol–water partition coefficient (Wildman–Crippen LogP) is 2.79. The number of nitrogens with zero attached hydrogens (tertiary/aromatic N) is 2. The molecule has 0 unspecified atom stereocenters. The van der Waals surface area contributed by atoms with Crippen molar-refractivity contribution in [1.82, 2.24) is 4.31 Å². The topological polar surface area (TPSA) is 57.7 Å². The van der Waals surface area contributed by atoms with E-state index in [1.807, 2.05) is 17.0 Å². The molecular weight excluding hydrogens is 392 g/mol. The highest BCUT2D eigenvalue weighted by Gasteiger charge is 2.38. The van der Waals surface area contributed by atoms with Gasteiger partial charge < -0.3 is 4.90 Å². The maximum Gasteiger partial charge on any atom is 0.231 e. The Bertz CT molecular complexity index is 750. The second-order valence-electron chi connectivity index (χ2n) is 6.63. The minimum Gasteiger partial charge on any atom is -0.309 e. The SMILES string of the molecule is CCS(=O)(=O)N1CCC[C@@H](C(=O)N2c3ccc(Br)cc3C[C@H]2C)C1. The third-order valence-corrected chi connectivity index (χ3v) is 7.33. The summed E-state index contributed by atoms with van der Waals surface area (Å²) in [6.45, 7) is 4.54. The molecule has 1 aromatic rings. The average molecular weight is 415 g/mol. The van der Waals surface area contributed by atoms with Crippen LogP contribution in [0.3, 0.4) is 0 Å². The van der Waals surface area contributed by atoms with Gasteiger partial charge in [0.1, 0.15) is 0 Å². The van der Waals surface area contributed by atoms with Gasteiger partial charge in [0, 0.05) is 29.3 Å².